The van der Waals surface area contributed by atoms with Crippen molar-refractivity contribution >= 4 is 22.8 Å². The molecular formula is C21H20N6O4. The Hall–Kier alpha value is -4.21. The van der Waals surface area contributed by atoms with Crippen LogP contribution in [0.15, 0.2) is 53.1 Å². The van der Waals surface area contributed by atoms with Crippen molar-refractivity contribution in [3.63, 3.8) is 0 Å². The van der Waals surface area contributed by atoms with Gasteiger partial charge in [0.05, 0.1) is 17.5 Å². The van der Waals surface area contributed by atoms with Crippen molar-refractivity contribution in [1.29, 1.82) is 0 Å². The van der Waals surface area contributed by atoms with Crippen LogP contribution in [0, 0.1) is 6.92 Å². The van der Waals surface area contributed by atoms with Crippen LogP contribution in [0.5, 0.6) is 5.75 Å². The molecule has 0 atom stereocenters. The van der Waals surface area contributed by atoms with Crippen LogP contribution < -0.4 is 15.6 Å². The Morgan fingerprint density at radius 1 is 1.06 bits per heavy atom. The van der Waals surface area contributed by atoms with Crippen LogP contribution in [0.1, 0.15) is 27.9 Å². The molecular weight excluding hydrogens is 400 g/mol. The minimum Gasteiger partial charge on any atom is -0.485 e. The van der Waals surface area contributed by atoms with Crippen molar-refractivity contribution in [1.82, 2.24) is 30.5 Å². The molecule has 10 heteroatoms. The molecule has 0 fully saturated rings. The van der Waals surface area contributed by atoms with Crippen LogP contribution >= 0.6 is 0 Å². The van der Waals surface area contributed by atoms with Gasteiger partial charge in [-0.05, 0) is 36.4 Å². The zero-order valence-electron chi connectivity index (χ0n) is 17.0. The number of amides is 2. The molecule has 0 spiro atoms. The molecule has 2 N–H and O–H groups in total. The Labute approximate surface area is 177 Å². The fourth-order valence-corrected chi connectivity index (χ4v) is 2.99. The van der Waals surface area contributed by atoms with Crippen molar-refractivity contribution in [2.75, 3.05) is 0 Å². The number of para-hydroxylation sites is 2. The van der Waals surface area contributed by atoms with Gasteiger partial charge in [0.2, 0.25) is 17.6 Å². The largest absolute Gasteiger partial charge is 0.485 e. The van der Waals surface area contributed by atoms with E-state index in [0.29, 0.717) is 28.9 Å². The van der Waals surface area contributed by atoms with Crippen LogP contribution in [-0.2, 0) is 24.9 Å². The molecule has 31 heavy (non-hydrogen) atoms. The summed E-state index contributed by atoms with van der Waals surface area (Å²) in [5.74, 6) is 1.23. The van der Waals surface area contributed by atoms with Gasteiger partial charge in [-0.15, -0.1) is 0 Å². The van der Waals surface area contributed by atoms with E-state index in [1.807, 2.05) is 35.9 Å². The van der Waals surface area contributed by atoms with Crippen LogP contribution in [0.3, 0.4) is 0 Å². The average Bonchev–Trinajstić information content (AvgIpc) is 3.34. The van der Waals surface area contributed by atoms with Gasteiger partial charge in [-0.2, -0.15) is 4.98 Å². The second-order valence-electron chi connectivity index (χ2n) is 6.80. The lowest BCUT2D eigenvalue weighted by molar-refractivity contribution is -0.121. The summed E-state index contributed by atoms with van der Waals surface area (Å²) in [6.45, 7) is 1.85. The number of nitrogens with zero attached hydrogens (tertiary/aromatic N) is 4. The van der Waals surface area contributed by atoms with Crippen LogP contribution in [0.2, 0.25) is 0 Å². The second-order valence-corrected chi connectivity index (χ2v) is 6.80. The minimum absolute atomic E-state index is 0.0355. The second kappa shape index (κ2) is 8.66. The van der Waals surface area contributed by atoms with E-state index in [9.17, 15) is 9.59 Å². The van der Waals surface area contributed by atoms with E-state index in [0.717, 1.165) is 11.0 Å². The number of ether oxygens (including phenoxy) is 1. The fraction of sp³-hybridized carbons (Fsp3) is 0.190. The lowest BCUT2D eigenvalue weighted by atomic mass is 10.2. The van der Waals surface area contributed by atoms with Gasteiger partial charge in [0.25, 0.3) is 5.91 Å². The highest BCUT2D eigenvalue weighted by Crippen LogP contribution is 2.15. The van der Waals surface area contributed by atoms with Gasteiger partial charge in [-0.25, -0.2) is 4.98 Å². The molecule has 4 aromatic rings. The third kappa shape index (κ3) is 4.69. The maximum atomic E-state index is 12.3. The predicted octanol–water partition coefficient (Wildman–Crippen LogP) is 1.85. The summed E-state index contributed by atoms with van der Waals surface area (Å²) in [5, 5.41) is 3.74. The minimum atomic E-state index is -0.446. The van der Waals surface area contributed by atoms with Gasteiger partial charge >= 0.3 is 0 Å². The van der Waals surface area contributed by atoms with Crippen molar-refractivity contribution < 1.29 is 18.8 Å². The Morgan fingerprint density at radius 3 is 2.55 bits per heavy atom. The maximum absolute atomic E-state index is 12.3. The number of carbonyl (C=O) groups excluding carboxylic acids is 2. The maximum Gasteiger partial charge on any atom is 0.269 e. The Balaban J connectivity index is 1.28. The summed E-state index contributed by atoms with van der Waals surface area (Å²) in [4.78, 5) is 33.0. The zero-order chi connectivity index (χ0) is 21.8. The summed E-state index contributed by atoms with van der Waals surface area (Å²) in [6.07, 6.45) is 0.0355. The van der Waals surface area contributed by atoms with Gasteiger partial charge in [0, 0.05) is 19.5 Å². The third-order valence-electron chi connectivity index (χ3n) is 4.57. The first-order chi connectivity index (χ1) is 15.0. The number of aromatic nitrogens is 4. The Kier molecular flexibility index (Phi) is 5.61. The Bertz CT molecular complexity index is 1230. The highest BCUT2D eigenvalue weighted by molar-refractivity contribution is 5.95. The van der Waals surface area contributed by atoms with E-state index in [2.05, 4.69) is 26.0 Å². The van der Waals surface area contributed by atoms with E-state index in [4.69, 9.17) is 9.26 Å². The molecule has 2 aromatic heterocycles. The molecule has 0 radical (unpaired) electrons. The number of carbonyl (C=O) groups is 2. The SMILES string of the molecule is Cc1nc(COc2ccc(C(=O)NNC(=O)Cc3nc4ccccc4n3C)cc2)no1. The molecule has 2 aromatic carbocycles. The predicted molar refractivity (Wildman–Crippen MR) is 110 cm³/mol. The van der Waals surface area contributed by atoms with Crippen molar-refractivity contribution in [3.8, 4) is 5.75 Å². The molecule has 158 valence electrons. The lowest BCUT2D eigenvalue weighted by Gasteiger charge is -2.08. The quantitative estimate of drug-likeness (QED) is 0.456. The molecule has 0 bridgehead atoms. The first-order valence-corrected chi connectivity index (χ1v) is 9.51. The lowest BCUT2D eigenvalue weighted by Crippen LogP contribution is -2.42. The number of hydrogen-bond acceptors (Lipinski definition) is 7. The van der Waals surface area contributed by atoms with Crippen LogP contribution in [-0.4, -0.2) is 31.5 Å². The van der Waals surface area contributed by atoms with Gasteiger partial charge < -0.3 is 13.8 Å². The molecule has 0 saturated carbocycles. The smallest absolute Gasteiger partial charge is 0.269 e. The topological polar surface area (TPSA) is 124 Å². The number of rotatable bonds is 6. The highest BCUT2D eigenvalue weighted by Gasteiger charge is 2.13. The summed E-state index contributed by atoms with van der Waals surface area (Å²) >= 11 is 0. The summed E-state index contributed by atoms with van der Waals surface area (Å²) in [7, 11) is 1.85. The van der Waals surface area contributed by atoms with Crippen molar-refractivity contribution in [2.24, 2.45) is 7.05 Å². The third-order valence-corrected chi connectivity index (χ3v) is 4.57. The average molecular weight is 420 g/mol. The monoisotopic (exact) mass is 420 g/mol. The normalized spacial score (nSPS) is 10.8. The van der Waals surface area contributed by atoms with Gasteiger partial charge in [-0.3, -0.25) is 20.4 Å². The summed E-state index contributed by atoms with van der Waals surface area (Å²) in [5.41, 5.74) is 6.93. The molecule has 0 saturated heterocycles. The molecule has 0 aliphatic heterocycles. The molecule has 0 aliphatic carbocycles. The number of hydrogen-bond donors (Lipinski definition) is 2. The Morgan fingerprint density at radius 2 is 1.84 bits per heavy atom. The zero-order valence-corrected chi connectivity index (χ0v) is 17.0. The van der Waals surface area contributed by atoms with E-state index in [1.165, 1.54) is 0 Å². The number of benzene rings is 2. The molecule has 2 heterocycles. The van der Waals surface area contributed by atoms with Crippen molar-refractivity contribution in [2.45, 2.75) is 20.0 Å². The number of aryl methyl sites for hydroxylation is 2. The van der Waals surface area contributed by atoms with E-state index in [1.54, 1.807) is 31.2 Å². The first kappa shape index (κ1) is 20.1. The number of nitrogens with one attached hydrogen (secondary N) is 2. The number of imidazole rings is 1. The summed E-state index contributed by atoms with van der Waals surface area (Å²) in [6, 6.07) is 14.1. The van der Waals surface area contributed by atoms with E-state index < -0.39 is 5.91 Å². The van der Waals surface area contributed by atoms with Gasteiger partial charge in [-0.1, -0.05) is 17.3 Å². The molecule has 2 amide bonds. The van der Waals surface area contributed by atoms with Crippen molar-refractivity contribution in [3.05, 3.63) is 71.6 Å². The number of hydrazine groups is 1. The highest BCUT2D eigenvalue weighted by atomic mass is 16.5. The molecule has 0 aliphatic rings. The first-order valence-electron chi connectivity index (χ1n) is 9.51. The number of fused-ring (bicyclic) bond motifs is 1. The van der Waals surface area contributed by atoms with Crippen LogP contribution in [0.25, 0.3) is 11.0 Å². The van der Waals surface area contributed by atoms with Crippen LogP contribution in [0.4, 0.5) is 0 Å². The van der Waals surface area contributed by atoms with E-state index in [-0.39, 0.29) is 18.9 Å². The van der Waals surface area contributed by atoms with Gasteiger partial charge in [0.15, 0.2) is 6.61 Å². The van der Waals surface area contributed by atoms with E-state index >= 15 is 0 Å². The molecule has 0 unspecified atom stereocenters. The standard InChI is InChI=1S/C21H20N6O4/c1-13-22-18(26-31-13)12-30-15-9-7-14(8-10-15)21(29)25-24-20(28)11-19-23-16-5-3-4-6-17(16)27(19)2/h3-10H,11-12H2,1-2H3,(H,24,28)(H,25,29). The molecule has 4 rings (SSSR count). The molecule has 10 nitrogen and oxygen atoms in total. The fourth-order valence-electron chi connectivity index (χ4n) is 2.99. The summed E-state index contributed by atoms with van der Waals surface area (Å²) < 4.78 is 12.3. The van der Waals surface area contributed by atoms with Gasteiger partial charge in [0.1, 0.15) is 11.6 Å².